The third-order valence-corrected chi connectivity index (χ3v) is 10.1. The Bertz CT molecular complexity index is 1210. The fourth-order valence-electron chi connectivity index (χ4n) is 7.43. The summed E-state index contributed by atoms with van der Waals surface area (Å²) in [6, 6.07) is 6.03. The number of aliphatic hydroxyl groups is 3. The maximum Gasteiger partial charge on any atom is 0.302 e. The maximum absolute atomic E-state index is 13.0. The number of halogens is 1. The standard InChI is InChI=1S/C26H31ClN2O3/c1-8-24(6)16(27)12-15-22(2,3)13-10-9-11-14-17(13)18-19(29-14)23(4,5)20(30)21(31)26(24,28-7)25(15,18)32/h8-11,15-16,20-21,29-32H,1,12H2,2-6H3/t15-,16-,20+,21+,24+,25-,26+/m1/s1. The molecule has 1 aromatic heterocycles. The third-order valence-electron chi connectivity index (χ3n) is 9.48. The van der Waals surface area contributed by atoms with Crippen LogP contribution in [0.15, 0.2) is 30.9 Å². The molecule has 6 heteroatoms. The smallest absolute Gasteiger partial charge is 0.302 e. The van der Waals surface area contributed by atoms with E-state index in [4.69, 9.17) is 18.2 Å². The summed E-state index contributed by atoms with van der Waals surface area (Å²) in [5, 5.41) is 36.7. The molecule has 5 rings (SSSR count). The second-order valence-electron chi connectivity index (χ2n) is 11.3. The Morgan fingerprint density at radius 1 is 1.16 bits per heavy atom. The second kappa shape index (κ2) is 5.98. The number of nitrogens with one attached hydrogen (secondary N) is 1. The van der Waals surface area contributed by atoms with Gasteiger partial charge in [-0.1, -0.05) is 45.9 Å². The maximum atomic E-state index is 13.0. The van der Waals surface area contributed by atoms with Gasteiger partial charge in [-0.25, -0.2) is 6.57 Å². The molecular weight excluding hydrogens is 424 g/mol. The minimum atomic E-state index is -1.83. The fourth-order valence-corrected chi connectivity index (χ4v) is 7.86. The molecule has 4 N–H and O–H groups in total. The van der Waals surface area contributed by atoms with Gasteiger partial charge in [-0.15, -0.1) is 18.2 Å². The number of aromatic amines is 1. The lowest BCUT2D eigenvalue weighted by Crippen LogP contribution is -2.76. The molecule has 0 unspecified atom stereocenters. The highest BCUT2D eigenvalue weighted by Gasteiger charge is 2.83. The molecule has 1 saturated carbocycles. The van der Waals surface area contributed by atoms with E-state index in [0.717, 1.165) is 16.5 Å². The SMILES string of the molecule is [C-]#[N+][C@]12[C@@H](O)[C@H](O)C(C)(C)c3[nH]c4cccc5c4c3[C@]1(O)[C@H](C[C@@H](Cl)[C@]2(C)C=C)C5(C)C. The van der Waals surface area contributed by atoms with Gasteiger partial charge in [-0.3, -0.25) is 0 Å². The number of rotatable bonds is 1. The third kappa shape index (κ3) is 1.91. The molecule has 32 heavy (non-hydrogen) atoms. The van der Waals surface area contributed by atoms with Gasteiger partial charge in [0.15, 0.2) is 11.7 Å². The molecule has 0 radical (unpaired) electrons. The Kier molecular flexibility index (Phi) is 4.11. The van der Waals surface area contributed by atoms with E-state index in [1.165, 1.54) is 0 Å². The minimum absolute atomic E-state index is 0.439. The minimum Gasteiger partial charge on any atom is -0.389 e. The van der Waals surface area contributed by atoms with Crippen LogP contribution in [0.1, 0.15) is 57.9 Å². The van der Waals surface area contributed by atoms with Crippen LogP contribution in [0.2, 0.25) is 0 Å². The van der Waals surface area contributed by atoms with Gasteiger partial charge in [0, 0.05) is 33.5 Å². The number of hydrogen-bond donors (Lipinski definition) is 4. The Morgan fingerprint density at radius 2 is 1.81 bits per heavy atom. The van der Waals surface area contributed by atoms with Crippen molar-refractivity contribution in [1.82, 2.24) is 4.98 Å². The zero-order valence-electron chi connectivity index (χ0n) is 19.2. The summed E-state index contributed by atoms with van der Waals surface area (Å²) in [5.74, 6) is -0.456. The van der Waals surface area contributed by atoms with Crippen molar-refractivity contribution in [2.45, 2.75) is 80.6 Å². The average Bonchev–Trinajstić information content (AvgIpc) is 3.14. The monoisotopic (exact) mass is 454 g/mol. The predicted molar refractivity (Wildman–Crippen MR) is 126 cm³/mol. The van der Waals surface area contributed by atoms with E-state index in [0.29, 0.717) is 17.7 Å². The number of aliphatic hydroxyl groups excluding tert-OH is 2. The van der Waals surface area contributed by atoms with Crippen LogP contribution in [0, 0.1) is 17.9 Å². The highest BCUT2D eigenvalue weighted by molar-refractivity contribution is 6.21. The molecule has 2 aromatic rings. The number of benzene rings is 1. The molecule has 7 atom stereocenters. The van der Waals surface area contributed by atoms with Crippen LogP contribution < -0.4 is 0 Å². The average molecular weight is 455 g/mol. The van der Waals surface area contributed by atoms with Crippen molar-refractivity contribution in [3.05, 3.63) is 59.1 Å². The van der Waals surface area contributed by atoms with Crippen molar-refractivity contribution in [3.8, 4) is 0 Å². The number of nitrogens with zero attached hydrogens (tertiary/aromatic N) is 1. The first-order valence-corrected chi connectivity index (χ1v) is 11.6. The largest absolute Gasteiger partial charge is 0.389 e. The molecule has 0 aliphatic heterocycles. The van der Waals surface area contributed by atoms with Crippen molar-refractivity contribution in [1.29, 1.82) is 0 Å². The first-order valence-electron chi connectivity index (χ1n) is 11.2. The first-order chi connectivity index (χ1) is 14.8. The Balaban J connectivity index is 2.09. The topological polar surface area (TPSA) is 80.8 Å². The lowest BCUT2D eigenvalue weighted by molar-refractivity contribution is -0.206. The van der Waals surface area contributed by atoms with E-state index in [1.807, 2.05) is 26.0 Å². The van der Waals surface area contributed by atoms with Crippen molar-refractivity contribution in [2.75, 3.05) is 0 Å². The van der Waals surface area contributed by atoms with E-state index >= 15 is 0 Å². The van der Waals surface area contributed by atoms with Gasteiger partial charge in [-0.05, 0) is 30.4 Å². The van der Waals surface area contributed by atoms with Crippen molar-refractivity contribution < 1.29 is 15.3 Å². The molecule has 1 fully saturated rings. The molecule has 3 aliphatic rings. The van der Waals surface area contributed by atoms with E-state index in [-0.39, 0.29) is 0 Å². The lowest BCUT2D eigenvalue weighted by Gasteiger charge is -2.62. The van der Waals surface area contributed by atoms with Gasteiger partial charge < -0.3 is 25.1 Å². The summed E-state index contributed by atoms with van der Waals surface area (Å²) in [5.41, 5.74) is -3.02. The second-order valence-corrected chi connectivity index (χ2v) is 11.9. The van der Waals surface area contributed by atoms with Crippen molar-refractivity contribution in [2.24, 2.45) is 11.3 Å². The highest BCUT2D eigenvalue weighted by atomic mass is 35.5. The number of alkyl halides is 1. The molecule has 3 aliphatic carbocycles. The highest BCUT2D eigenvalue weighted by Crippen LogP contribution is 2.71. The molecule has 0 bridgehead atoms. The Morgan fingerprint density at radius 3 is 2.41 bits per heavy atom. The fraction of sp³-hybridized carbons (Fsp3) is 0.577. The lowest BCUT2D eigenvalue weighted by atomic mass is 9.42. The van der Waals surface area contributed by atoms with E-state index < -0.39 is 50.9 Å². The van der Waals surface area contributed by atoms with Crippen LogP contribution in [0.3, 0.4) is 0 Å². The number of hydrogen-bond acceptors (Lipinski definition) is 3. The van der Waals surface area contributed by atoms with Gasteiger partial charge in [0.05, 0.1) is 16.9 Å². The Hall–Kier alpha value is -1.84. The first kappa shape index (κ1) is 22.0. The summed E-state index contributed by atoms with van der Waals surface area (Å²) in [7, 11) is 0. The quantitative estimate of drug-likeness (QED) is 0.297. The van der Waals surface area contributed by atoms with Gasteiger partial charge in [-0.2, -0.15) is 0 Å². The molecule has 0 amide bonds. The number of aromatic nitrogens is 1. The molecule has 5 nitrogen and oxygen atoms in total. The Labute approximate surface area is 193 Å². The van der Waals surface area contributed by atoms with E-state index in [9.17, 15) is 15.3 Å². The van der Waals surface area contributed by atoms with Crippen LogP contribution in [0.25, 0.3) is 15.7 Å². The summed E-state index contributed by atoms with van der Waals surface area (Å²) in [6.45, 7) is 22.1. The van der Waals surface area contributed by atoms with Crippen LogP contribution in [0.5, 0.6) is 0 Å². The van der Waals surface area contributed by atoms with Crippen LogP contribution in [-0.2, 0) is 16.4 Å². The van der Waals surface area contributed by atoms with E-state index in [1.54, 1.807) is 13.0 Å². The molecule has 0 saturated heterocycles. The van der Waals surface area contributed by atoms with Gasteiger partial charge in [0.1, 0.15) is 0 Å². The molecule has 0 spiro atoms. The van der Waals surface area contributed by atoms with Crippen LogP contribution >= 0.6 is 11.6 Å². The normalized spacial score (nSPS) is 43.4. The zero-order valence-corrected chi connectivity index (χ0v) is 20.0. The van der Waals surface area contributed by atoms with E-state index in [2.05, 4.69) is 36.3 Å². The summed E-state index contributed by atoms with van der Waals surface area (Å²) in [4.78, 5) is 7.52. The summed E-state index contributed by atoms with van der Waals surface area (Å²) in [6.07, 6.45) is -0.829. The van der Waals surface area contributed by atoms with Gasteiger partial charge in [0.2, 0.25) is 0 Å². The van der Waals surface area contributed by atoms with Crippen molar-refractivity contribution in [3.63, 3.8) is 0 Å². The zero-order chi connectivity index (χ0) is 23.6. The molecular formula is C26H31ClN2O3. The predicted octanol–water partition coefficient (Wildman–Crippen LogP) is 4.14. The molecule has 1 heterocycles. The van der Waals surface area contributed by atoms with Crippen molar-refractivity contribution >= 4 is 22.5 Å². The molecule has 170 valence electrons. The van der Waals surface area contributed by atoms with Gasteiger partial charge in [0.25, 0.3) is 0 Å². The number of H-pyrrole nitrogens is 1. The van der Waals surface area contributed by atoms with Crippen LogP contribution in [0.4, 0.5) is 0 Å². The summed E-state index contributed by atoms with van der Waals surface area (Å²) >= 11 is 7.01. The molecule has 1 aromatic carbocycles. The van der Waals surface area contributed by atoms with Crippen LogP contribution in [-0.4, -0.2) is 43.4 Å². The summed E-state index contributed by atoms with van der Waals surface area (Å²) < 4.78 is 0. The van der Waals surface area contributed by atoms with Gasteiger partial charge >= 0.3 is 5.54 Å².